The largest absolute Gasteiger partial charge is 0.449 e. The van der Waals surface area contributed by atoms with Crippen molar-refractivity contribution in [3.05, 3.63) is 53.5 Å². The molecule has 0 radical (unpaired) electrons. The van der Waals surface area contributed by atoms with Gasteiger partial charge in [0.2, 0.25) is 0 Å². The van der Waals surface area contributed by atoms with Crippen molar-refractivity contribution in [2.45, 2.75) is 13.5 Å². The highest BCUT2D eigenvalue weighted by molar-refractivity contribution is 5.94. The standard InChI is InChI=1S/C12H11FN2O2/c1-8-15-11(7-17-8)6-14-12(16)9-2-4-10(13)5-3-9/h2-5,7H,6H2,1H3,(H,14,16). The van der Waals surface area contributed by atoms with Crippen LogP contribution in [0.1, 0.15) is 21.9 Å². The number of rotatable bonds is 3. The van der Waals surface area contributed by atoms with Gasteiger partial charge in [-0.3, -0.25) is 4.79 Å². The highest BCUT2D eigenvalue weighted by Gasteiger charge is 2.06. The van der Waals surface area contributed by atoms with E-state index in [0.717, 1.165) is 0 Å². The van der Waals surface area contributed by atoms with Gasteiger partial charge in [0.1, 0.15) is 12.1 Å². The van der Waals surface area contributed by atoms with Gasteiger partial charge in [-0.25, -0.2) is 9.37 Å². The van der Waals surface area contributed by atoms with Gasteiger partial charge in [-0.05, 0) is 24.3 Å². The van der Waals surface area contributed by atoms with E-state index in [1.54, 1.807) is 6.92 Å². The second kappa shape index (κ2) is 4.78. The lowest BCUT2D eigenvalue weighted by atomic mass is 10.2. The predicted octanol–water partition coefficient (Wildman–Crippen LogP) is 2.05. The van der Waals surface area contributed by atoms with Crippen LogP contribution in [0.3, 0.4) is 0 Å². The van der Waals surface area contributed by atoms with Gasteiger partial charge < -0.3 is 9.73 Å². The summed E-state index contributed by atoms with van der Waals surface area (Å²) in [7, 11) is 0. The molecular weight excluding hydrogens is 223 g/mol. The summed E-state index contributed by atoms with van der Waals surface area (Å²) in [5, 5.41) is 2.66. The molecule has 1 N–H and O–H groups in total. The van der Waals surface area contributed by atoms with Crippen LogP contribution in [-0.4, -0.2) is 10.9 Å². The molecule has 5 heteroatoms. The molecule has 1 heterocycles. The Hall–Kier alpha value is -2.17. The maximum atomic E-state index is 12.6. The number of nitrogens with zero attached hydrogens (tertiary/aromatic N) is 1. The molecule has 88 valence electrons. The molecule has 0 saturated heterocycles. The molecule has 1 aromatic heterocycles. The average Bonchev–Trinajstić information content (AvgIpc) is 2.73. The molecule has 0 aliphatic carbocycles. The van der Waals surface area contributed by atoms with Crippen LogP contribution in [-0.2, 0) is 6.54 Å². The SMILES string of the molecule is Cc1nc(CNC(=O)c2ccc(F)cc2)co1. The number of nitrogens with one attached hydrogen (secondary N) is 1. The van der Waals surface area contributed by atoms with Crippen LogP contribution < -0.4 is 5.32 Å². The molecule has 4 nitrogen and oxygen atoms in total. The Kier molecular flexibility index (Phi) is 3.18. The van der Waals surface area contributed by atoms with Gasteiger partial charge in [-0.2, -0.15) is 0 Å². The summed E-state index contributed by atoms with van der Waals surface area (Å²) in [5.74, 6) is -0.0876. The van der Waals surface area contributed by atoms with Gasteiger partial charge in [-0.1, -0.05) is 0 Å². The summed E-state index contributed by atoms with van der Waals surface area (Å²) in [6.07, 6.45) is 1.49. The summed E-state index contributed by atoms with van der Waals surface area (Å²) >= 11 is 0. The lowest BCUT2D eigenvalue weighted by molar-refractivity contribution is 0.0950. The molecule has 0 saturated carbocycles. The van der Waals surface area contributed by atoms with Crippen molar-refractivity contribution in [3.8, 4) is 0 Å². The number of amides is 1. The highest BCUT2D eigenvalue weighted by atomic mass is 19.1. The zero-order valence-corrected chi connectivity index (χ0v) is 9.24. The molecule has 0 spiro atoms. The van der Waals surface area contributed by atoms with Crippen LogP contribution in [0.5, 0.6) is 0 Å². The second-order valence-electron chi connectivity index (χ2n) is 3.55. The number of hydrogen-bond donors (Lipinski definition) is 1. The van der Waals surface area contributed by atoms with Gasteiger partial charge >= 0.3 is 0 Å². The van der Waals surface area contributed by atoms with Gasteiger partial charge in [0.15, 0.2) is 5.89 Å². The van der Waals surface area contributed by atoms with Crippen molar-refractivity contribution < 1.29 is 13.6 Å². The summed E-state index contributed by atoms with van der Waals surface area (Å²) < 4.78 is 17.7. The minimum Gasteiger partial charge on any atom is -0.449 e. The number of aryl methyl sites for hydroxylation is 1. The zero-order chi connectivity index (χ0) is 12.3. The third-order valence-electron chi connectivity index (χ3n) is 2.20. The summed E-state index contributed by atoms with van der Waals surface area (Å²) in [5.41, 5.74) is 1.06. The summed E-state index contributed by atoms with van der Waals surface area (Å²) in [6.45, 7) is 2.01. The number of aromatic nitrogens is 1. The van der Waals surface area contributed by atoms with E-state index in [9.17, 15) is 9.18 Å². The Balaban J connectivity index is 1.95. The van der Waals surface area contributed by atoms with Crippen LogP contribution in [0.4, 0.5) is 4.39 Å². The van der Waals surface area contributed by atoms with Gasteiger partial charge in [0.25, 0.3) is 5.91 Å². The molecule has 1 aromatic carbocycles. The fourth-order valence-electron chi connectivity index (χ4n) is 1.36. The maximum Gasteiger partial charge on any atom is 0.251 e. The Bertz CT molecular complexity index is 520. The number of halogens is 1. The minimum atomic E-state index is -0.367. The van der Waals surface area contributed by atoms with Crippen molar-refractivity contribution in [1.29, 1.82) is 0 Å². The van der Waals surface area contributed by atoms with Crippen LogP contribution in [0.2, 0.25) is 0 Å². The zero-order valence-electron chi connectivity index (χ0n) is 9.24. The normalized spacial score (nSPS) is 10.2. The van der Waals surface area contributed by atoms with E-state index in [0.29, 0.717) is 17.1 Å². The van der Waals surface area contributed by atoms with Gasteiger partial charge in [0, 0.05) is 12.5 Å². The number of carbonyl (C=O) groups excluding carboxylic acids is 1. The van der Waals surface area contributed by atoms with Crippen molar-refractivity contribution >= 4 is 5.91 Å². The molecule has 0 aliphatic rings. The average molecular weight is 234 g/mol. The van der Waals surface area contributed by atoms with E-state index in [-0.39, 0.29) is 18.3 Å². The number of benzene rings is 1. The molecule has 17 heavy (non-hydrogen) atoms. The molecular formula is C12H11FN2O2. The van der Waals surface area contributed by atoms with E-state index < -0.39 is 0 Å². The third kappa shape index (κ3) is 2.90. The molecule has 0 atom stereocenters. The first-order valence-electron chi connectivity index (χ1n) is 5.10. The first kappa shape index (κ1) is 11.3. The van der Waals surface area contributed by atoms with E-state index in [1.807, 2.05) is 0 Å². The molecule has 2 rings (SSSR count). The fourth-order valence-corrected chi connectivity index (χ4v) is 1.36. The number of carbonyl (C=O) groups is 1. The predicted molar refractivity (Wildman–Crippen MR) is 58.8 cm³/mol. The Morgan fingerprint density at radius 3 is 2.71 bits per heavy atom. The monoisotopic (exact) mass is 234 g/mol. The lowest BCUT2D eigenvalue weighted by Gasteiger charge is -2.02. The summed E-state index contributed by atoms with van der Waals surface area (Å²) in [6, 6.07) is 5.35. The van der Waals surface area contributed by atoms with Crippen molar-refractivity contribution in [3.63, 3.8) is 0 Å². The summed E-state index contributed by atoms with van der Waals surface area (Å²) in [4.78, 5) is 15.7. The van der Waals surface area contributed by atoms with E-state index >= 15 is 0 Å². The van der Waals surface area contributed by atoms with E-state index in [4.69, 9.17) is 4.42 Å². The molecule has 2 aromatic rings. The minimum absolute atomic E-state index is 0.273. The van der Waals surface area contributed by atoms with Crippen molar-refractivity contribution in [2.24, 2.45) is 0 Å². The fraction of sp³-hybridized carbons (Fsp3) is 0.167. The first-order chi connectivity index (χ1) is 8.15. The molecule has 0 fully saturated rings. The smallest absolute Gasteiger partial charge is 0.251 e. The second-order valence-corrected chi connectivity index (χ2v) is 3.55. The lowest BCUT2D eigenvalue weighted by Crippen LogP contribution is -2.22. The molecule has 0 aliphatic heterocycles. The van der Waals surface area contributed by atoms with Crippen LogP contribution in [0.15, 0.2) is 34.9 Å². The molecule has 0 unspecified atom stereocenters. The third-order valence-corrected chi connectivity index (χ3v) is 2.20. The number of hydrogen-bond acceptors (Lipinski definition) is 3. The molecule has 0 bridgehead atoms. The van der Waals surface area contributed by atoms with Crippen molar-refractivity contribution in [1.82, 2.24) is 10.3 Å². The van der Waals surface area contributed by atoms with Crippen molar-refractivity contribution in [2.75, 3.05) is 0 Å². The molecule has 1 amide bonds. The number of oxazole rings is 1. The van der Waals surface area contributed by atoms with Gasteiger partial charge in [-0.15, -0.1) is 0 Å². The Labute approximate surface area is 97.5 Å². The van der Waals surface area contributed by atoms with Crippen LogP contribution in [0, 0.1) is 12.7 Å². The Morgan fingerprint density at radius 2 is 2.12 bits per heavy atom. The van der Waals surface area contributed by atoms with Crippen LogP contribution in [0.25, 0.3) is 0 Å². The first-order valence-corrected chi connectivity index (χ1v) is 5.10. The Morgan fingerprint density at radius 1 is 1.41 bits per heavy atom. The van der Waals surface area contributed by atoms with Gasteiger partial charge in [0.05, 0.1) is 12.2 Å². The van der Waals surface area contributed by atoms with E-state index in [2.05, 4.69) is 10.3 Å². The topological polar surface area (TPSA) is 55.1 Å². The quantitative estimate of drug-likeness (QED) is 0.884. The maximum absolute atomic E-state index is 12.6. The van der Waals surface area contributed by atoms with E-state index in [1.165, 1.54) is 30.5 Å². The van der Waals surface area contributed by atoms with Crippen LogP contribution >= 0.6 is 0 Å². The highest BCUT2D eigenvalue weighted by Crippen LogP contribution is 2.04.